The Kier molecular flexibility index (Phi) is 5.24. The van der Waals surface area contributed by atoms with Gasteiger partial charge in [0.15, 0.2) is 12.3 Å². The molecule has 0 saturated carbocycles. The Bertz CT molecular complexity index is 905. The van der Waals surface area contributed by atoms with Crippen LogP contribution in [0.15, 0.2) is 78.6 Å². The molecule has 2 fully saturated rings. The number of allylic oxidation sites excluding steroid dienone is 2. The van der Waals surface area contributed by atoms with Gasteiger partial charge in [-0.2, -0.15) is 0 Å². The van der Waals surface area contributed by atoms with Crippen molar-refractivity contribution < 1.29 is 19.1 Å². The first-order chi connectivity index (χ1) is 13.7. The third kappa shape index (κ3) is 3.83. The monoisotopic (exact) mass is 375 g/mol. The van der Waals surface area contributed by atoms with Gasteiger partial charge in [-0.1, -0.05) is 72.8 Å². The molecule has 4 rings (SSSR count). The minimum atomic E-state index is -0.792. The average molecular weight is 375 g/mol. The van der Waals surface area contributed by atoms with E-state index in [1.165, 1.54) is 4.90 Å². The Morgan fingerprint density at radius 2 is 1.82 bits per heavy atom. The molecule has 2 heterocycles. The molecule has 2 saturated heterocycles. The Morgan fingerprint density at radius 1 is 1.11 bits per heavy atom. The van der Waals surface area contributed by atoms with Crippen LogP contribution in [0.1, 0.15) is 24.0 Å². The lowest BCUT2D eigenvalue weighted by Gasteiger charge is -2.33. The summed E-state index contributed by atoms with van der Waals surface area (Å²) in [7, 11) is 0. The number of ether oxygens (including phenoxy) is 2. The van der Waals surface area contributed by atoms with Gasteiger partial charge in [-0.25, -0.2) is 4.79 Å². The van der Waals surface area contributed by atoms with E-state index in [1.54, 1.807) is 0 Å². The SMILES string of the molecule is O=C(OCc1ccccc1)C1/C(=C/C/C=C/c2ccccc2)O[C@@H]2CC(=O)N12. The van der Waals surface area contributed by atoms with Crippen molar-refractivity contribution in [2.75, 3.05) is 0 Å². The molecule has 2 aliphatic rings. The summed E-state index contributed by atoms with van der Waals surface area (Å²) in [5, 5.41) is 0. The Morgan fingerprint density at radius 3 is 2.54 bits per heavy atom. The van der Waals surface area contributed by atoms with E-state index in [0.717, 1.165) is 11.1 Å². The molecule has 28 heavy (non-hydrogen) atoms. The molecule has 1 unspecified atom stereocenters. The van der Waals surface area contributed by atoms with Crippen molar-refractivity contribution in [3.05, 3.63) is 89.7 Å². The van der Waals surface area contributed by atoms with Gasteiger partial charge in [0.2, 0.25) is 5.91 Å². The molecule has 142 valence electrons. The molecular weight excluding hydrogens is 354 g/mol. The average Bonchev–Trinajstić information content (AvgIpc) is 3.03. The number of rotatable bonds is 6. The summed E-state index contributed by atoms with van der Waals surface area (Å²) in [5.74, 6) is -0.0563. The third-order valence-corrected chi connectivity index (χ3v) is 4.78. The molecule has 0 spiro atoms. The number of carbonyl (C=O) groups excluding carboxylic acids is 2. The molecule has 0 aliphatic carbocycles. The van der Waals surface area contributed by atoms with Crippen LogP contribution in [0, 0.1) is 0 Å². The first-order valence-electron chi connectivity index (χ1n) is 9.32. The Balaban J connectivity index is 1.42. The highest BCUT2D eigenvalue weighted by atomic mass is 16.6. The number of benzene rings is 2. The van der Waals surface area contributed by atoms with E-state index in [9.17, 15) is 9.59 Å². The fourth-order valence-corrected chi connectivity index (χ4v) is 3.32. The highest BCUT2D eigenvalue weighted by Gasteiger charge is 2.54. The van der Waals surface area contributed by atoms with E-state index < -0.39 is 12.0 Å². The molecule has 2 aromatic carbocycles. The van der Waals surface area contributed by atoms with Gasteiger partial charge in [-0.3, -0.25) is 9.69 Å². The summed E-state index contributed by atoms with van der Waals surface area (Å²) in [4.78, 5) is 26.1. The first kappa shape index (κ1) is 18.0. The van der Waals surface area contributed by atoms with Crippen LogP contribution in [0.5, 0.6) is 0 Å². The summed E-state index contributed by atoms with van der Waals surface area (Å²) >= 11 is 0. The third-order valence-electron chi connectivity index (χ3n) is 4.78. The van der Waals surface area contributed by atoms with Crippen LogP contribution in [0.3, 0.4) is 0 Å². The van der Waals surface area contributed by atoms with Crippen LogP contribution < -0.4 is 0 Å². The van der Waals surface area contributed by atoms with Crippen LogP contribution in [-0.2, 0) is 25.7 Å². The molecule has 0 radical (unpaired) electrons. The smallest absolute Gasteiger partial charge is 0.337 e. The molecule has 0 N–H and O–H groups in total. The number of esters is 1. The molecule has 0 bridgehead atoms. The number of β-lactam (4-membered cyclic amide) rings is 1. The molecular formula is C23H21NO4. The molecule has 2 aliphatic heterocycles. The summed E-state index contributed by atoms with van der Waals surface area (Å²) in [6.45, 7) is 0.171. The van der Waals surface area contributed by atoms with Crippen molar-refractivity contribution in [3.8, 4) is 0 Å². The predicted molar refractivity (Wildman–Crippen MR) is 105 cm³/mol. The molecule has 5 nitrogen and oxygen atoms in total. The largest absolute Gasteiger partial charge is 0.472 e. The van der Waals surface area contributed by atoms with E-state index in [2.05, 4.69) is 0 Å². The zero-order valence-corrected chi connectivity index (χ0v) is 15.4. The maximum atomic E-state index is 12.7. The lowest BCUT2D eigenvalue weighted by Crippen LogP contribution is -2.55. The summed E-state index contributed by atoms with van der Waals surface area (Å²) < 4.78 is 11.2. The number of nitrogens with zero attached hydrogens (tertiary/aromatic N) is 1. The van der Waals surface area contributed by atoms with E-state index >= 15 is 0 Å². The summed E-state index contributed by atoms with van der Waals surface area (Å²) in [6.07, 6.45) is 6.40. The van der Waals surface area contributed by atoms with Gasteiger partial charge in [-0.15, -0.1) is 0 Å². The lowest BCUT2D eigenvalue weighted by atomic mass is 10.1. The Labute approximate surface area is 163 Å². The van der Waals surface area contributed by atoms with Gasteiger partial charge in [0, 0.05) is 0 Å². The van der Waals surface area contributed by atoms with Crippen molar-refractivity contribution in [1.82, 2.24) is 4.90 Å². The predicted octanol–water partition coefficient (Wildman–Crippen LogP) is 3.67. The van der Waals surface area contributed by atoms with Crippen molar-refractivity contribution in [1.29, 1.82) is 0 Å². The molecule has 2 aromatic rings. The van der Waals surface area contributed by atoms with E-state index in [4.69, 9.17) is 9.47 Å². The fourth-order valence-electron chi connectivity index (χ4n) is 3.32. The lowest BCUT2D eigenvalue weighted by molar-refractivity contribution is -0.166. The van der Waals surface area contributed by atoms with Crippen LogP contribution in [-0.4, -0.2) is 29.0 Å². The maximum Gasteiger partial charge on any atom is 0.337 e. The molecule has 5 heteroatoms. The number of hydrogen-bond donors (Lipinski definition) is 0. The van der Waals surface area contributed by atoms with Crippen LogP contribution >= 0.6 is 0 Å². The second-order valence-electron chi connectivity index (χ2n) is 6.73. The van der Waals surface area contributed by atoms with Crippen LogP contribution in [0.2, 0.25) is 0 Å². The summed E-state index contributed by atoms with van der Waals surface area (Å²) in [5.41, 5.74) is 2.00. The quantitative estimate of drug-likeness (QED) is 0.571. The van der Waals surface area contributed by atoms with Gasteiger partial charge in [0.25, 0.3) is 0 Å². The molecule has 2 atom stereocenters. The van der Waals surface area contributed by atoms with Gasteiger partial charge in [0.05, 0.1) is 6.42 Å². The van der Waals surface area contributed by atoms with Gasteiger partial charge < -0.3 is 9.47 Å². The second-order valence-corrected chi connectivity index (χ2v) is 6.73. The highest BCUT2D eigenvalue weighted by molar-refractivity contribution is 5.91. The topological polar surface area (TPSA) is 55.8 Å². The zero-order valence-electron chi connectivity index (χ0n) is 15.4. The van der Waals surface area contributed by atoms with E-state index in [-0.39, 0.29) is 18.7 Å². The maximum absolute atomic E-state index is 12.7. The minimum absolute atomic E-state index is 0.0881. The summed E-state index contributed by atoms with van der Waals surface area (Å²) in [6, 6.07) is 18.6. The second kappa shape index (κ2) is 8.13. The van der Waals surface area contributed by atoms with Gasteiger partial charge in [0.1, 0.15) is 12.4 Å². The molecule has 1 amide bonds. The van der Waals surface area contributed by atoms with Crippen molar-refractivity contribution in [2.24, 2.45) is 0 Å². The van der Waals surface area contributed by atoms with Crippen molar-refractivity contribution in [2.45, 2.75) is 31.7 Å². The highest BCUT2D eigenvalue weighted by Crippen LogP contribution is 2.37. The number of fused-ring (bicyclic) bond motifs is 1. The minimum Gasteiger partial charge on any atom is -0.472 e. The normalized spacial score (nSPS) is 22.1. The zero-order chi connectivity index (χ0) is 19.3. The van der Waals surface area contributed by atoms with E-state index in [0.29, 0.717) is 18.6 Å². The number of hydrogen-bond acceptors (Lipinski definition) is 4. The van der Waals surface area contributed by atoms with Gasteiger partial charge >= 0.3 is 5.97 Å². The number of carbonyl (C=O) groups is 2. The van der Waals surface area contributed by atoms with E-state index in [1.807, 2.05) is 78.9 Å². The van der Waals surface area contributed by atoms with Gasteiger partial charge in [-0.05, 0) is 23.6 Å². The number of amides is 1. The molecule has 0 aromatic heterocycles. The first-order valence-corrected chi connectivity index (χ1v) is 9.32. The van der Waals surface area contributed by atoms with Crippen LogP contribution in [0.25, 0.3) is 6.08 Å². The fraction of sp³-hybridized carbons (Fsp3) is 0.217. The van der Waals surface area contributed by atoms with Crippen molar-refractivity contribution >= 4 is 18.0 Å². The van der Waals surface area contributed by atoms with Crippen molar-refractivity contribution in [3.63, 3.8) is 0 Å². The standard InChI is InChI=1S/C23H21NO4/c25-20-15-21-24(20)22(23(26)27-16-18-12-5-2-6-13-18)19(28-21)14-8-7-11-17-9-3-1-4-10-17/h1-7,9-14,21-22H,8,15-16H2/b11-7+,19-14-/t21-,22?/m1/s1. The Hall–Kier alpha value is -3.34. The van der Waals surface area contributed by atoms with Crippen LogP contribution in [0.4, 0.5) is 0 Å².